The van der Waals surface area contributed by atoms with Crippen LogP contribution in [0.3, 0.4) is 0 Å². The van der Waals surface area contributed by atoms with E-state index in [1.807, 2.05) is 0 Å². The maximum atomic E-state index is 12.2. The third kappa shape index (κ3) is 1.51. The van der Waals surface area contributed by atoms with Crippen molar-refractivity contribution in [1.29, 1.82) is 0 Å². The first-order valence-electron chi connectivity index (χ1n) is 5.88. The minimum Gasteiger partial charge on any atom is -0.336 e. The summed E-state index contributed by atoms with van der Waals surface area (Å²) >= 11 is 0. The van der Waals surface area contributed by atoms with Crippen LogP contribution in [0.5, 0.6) is 0 Å². The molecule has 0 saturated heterocycles. The Morgan fingerprint density at radius 2 is 1.94 bits per heavy atom. The van der Waals surface area contributed by atoms with Crippen LogP contribution in [0.1, 0.15) is 37.5 Å². The lowest BCUT2D eigenvalue weighted by Crippen LogP contribution is -2.37. The Balaban J connectivity index is 2.30. The molecule has 0 aromatic carbocycles. The van der Waals surface area contributed by atoms with Gasteiger partial charge < -0.3 is 4.98 Å². The van der Waals surface area contributed by atoms with Crippen LogP contribution >= 0.6 is 0 Å². The normalized spacial score (nSPS) is 17.0. The lowest BCUT2D eigenvalue weighted by Gasteiger charge is -2.10. The molecule has 0 unspecified atom stereocenters. The van der Waals surface area contributed by atoms with Crippen LogP contribution in [0.4, 0.5) is 0 Å². The van der Waals surface area contributed by atoms with Crippen LogP contribution in [0.15, 0.2) is 9.59 Å². The third-order valence-electron chi connectivity index (χ3n) is 3.39. The van der Waals surface area contributed by atoms with Crippen molar-refractivity contribution in [2.45, 2.75) is 38.6 Å². The van der Waals surface area contributed by atoms with Gasteiger partial charge in [-0.3, -0.25) is 14.3 Å². The minimum atomic E-state index is -0.346. The molecule has 0 bridgehead atoms. The van der Waals surface area contributed by atoms with Crippen LogP contribution in [0, 0.1) is 6.92 Å². The number of hydrogen-bond acceptors (Lipinski definition) is 3. The minimum absolute atomic E-state index is 0.0410. The van der Waals surface area contributed by atoms with Crippen LogP contribution in [-0.4, -0.2) is 19.5 Å². The molecule has 1 fully saturated rings. The lowest BCUT2D eigenvalue weighted by molar-refractivity contribution is 0.482. The fraction of sp³-hybridized carbons (Fsp3) is 0.545. The summed E-state index contributed by atoms with van der Waals surface area (Å²) in [7, 11) is 0. The molecular weight excluding hydrogens is 220 g/mol. The molecule has 2 heterocycles. The van der Waals surface area contributed by atoms with Crippen molar-refractivity contribution in [1.82, 2.24) is 19.5 Å². The van der Waals surface area contributed by atoms with Crippen molar-refractivity contribution < 1.29 is 0 Å². The molecule has 90 valence electrons. The third-order valence-corrected chi connectivity index (χ3v) is 3.39. The number of aromatic nitrogens is 4. The average molecular weight is 234 g/mol. The van der Waals surface area contributed by atoms with Gasteiger partial charge >= 0.3 is 5.69 Å². The number of fused-ring (bicyclic) bond motifs is 1. The van der Waals surface area contributed by atoms with E-state index in [1.165, 1.54) is 4.57 Å². The summed E-state index contributed by atoms with van der Waals surface area (Å²) in [5.41, 5.74) is 0.151. The smallest absolute Gasteiger partial charge is 0.330 e. The molecule has 3 rings (SSSR count). The topological polar surface area (TPSA) is 83.5 Å². The van der Waals surface area contributed by atoms with Crippen LogP contribution in [0.25, 0.3) is 11.2 Å². The number of nitrogens with one attached hydrogen (secondary N) is 2. The van der Waals surface area contributed by atoms with Gasteiger partial charge in [0.2, 0.25) is 0 Å². The summed E-state index contributed by atoms with van der Waals surface area (Å²) in [6.07, 6.45) is 3.97. The number of imidazole rings is 1. The van der Waals surface area contributed by atoms with Crippen molar-refractivity contribution in [2.24, 2.45) is 0 Å². The maximum Gasteiger partial charge on any atom is 0.330 e. The Morgan fingerprint density at radius 1 is 1.24 bits per heavy atom. The van der Waals surface area contributed by atoms with Crippen molar-refractivity contribution in [3.05, 3.63) is 26.7 Å². The molecule has 6 nitrogen and oxygen atoms in total. The van der Waals surface area contributed by atoms with Gasteiger partial charge in [0.25, 0.3) is 5.56 Å². The fourth-order valence-electron chi connectivity index (χ4n) is 2.61. The lowest BCUT2D eigenvalue weighted by atomic mass is 10.2. The quantitative estimate of drug-likeness (QED) is 0.766. The fourth-order valence-corrected chi connectivity index (χ4v) is 2.61. The van der Waals surface area contributed by atoms with E-state index in [2.05, 4.69) is 15.0 Å². The Labute approximate surface area is 96.7 Å². The molecule has 1 aliphatic rings. The van der Waals surface area contributed by atoms with Crippen LogP contribution < -0.4 is 11.2 Å². The summed E-state index contributed by atoms with van der Waals surface area (Å²) < 4.78 is 1.34. The van der Waals surface area contributed by atoms with E-state index >= 15 is 0 Å². The van der Waals surface area contributed by atoms with Gasteiger partial charge in [0.05, 0.1) is 0 Å². The number of nitrogens with zero attached hydrogens (tertiary/aromatic N) is 2. The van der Waals surface area contributed by atoms with Crippen molar-refractivity contribution in [2.75, 3.05) is 0 Å². The maximum absolute atomic E-state index is 12.2. The zero-order valence-corrected chi connectivity index (χ0v) is 9.62. The van der Waals surface area contributed by atoms with E-state index in [-0.39, 0.29) is 17.3 Å². The molecule has 17 heavy (non-hydrogen) atoms. The summed E-state index contributed by atoms with van der Waals surface area (Å²) in [6.45, 7) is 1.76. The van der Waals surface area contributed by atoms with E-state index in [0.717, 1.165) is 25.7 Å². The molecule has 6 heteroatoms. The Bertz CT molecular complexity index is 673. The second-order valence-electron chi connectivity index (χ2n) is 4.59. The highest BCUT2D eigenvalue weighted by atomic mass is 16.2. The predicted octanol–water partition coefficient (Wildman–Crippen LogP) is 0.836. The van der Waals surface area contributed by atoms with Crippen LogP contribution in [0.2, 0.25) is 0 Å². The second kappa shape index (κ2) is 3.58. The van der Waals surface area contributed by atoms with E-state index in [0.29, 0.717) is 17.0 Å². The Hall–Kier alpha value is -1.85. The van der Waals surface area contributed by atoms with Crippen molar-refractivity contribution >= 4 is 11.2 Å². The Kier molecular flexibility index (Phi) is 2.17. The number of H-pyrrole nitrogens is 2. The molecule has 0 radical (unpaired) electrons. The summed E-state index contributed by atoms with van der Waals surface area (Å²) in [6, 6.07) is 0.0410. The van der Waals surface area contributed by atoms with E-state index in [4.69, 9.17) is 0 Å². The molecule has 1 aliphatic carbocycles. The monoisotopic (exact) mass is 234 g/mol. The van der Waals surface area contributed by atoms with Gasteiger partial charge in [-0.2, -0.15) is 0 Å². The first-order valence-corrected chi connectivity index (χ1v) is 5.88. The molecule has 0 aliphatic heterocycles. The highest BCUT2D eigenvalue weighted by molar-refractivity contribution is 5.68. The summed E-state index contributed by atoms with van der Waals surface area (Å²) in [4.78, 5) is 33.8. The number of aromatic amines is 2. The zero-order valence-electron chi connectivity index (χ0n) is 9.62. The van der Waals surface area contributed by atoms with Gasteiger partial charge in [-0.15, -0.1) is 0 Å². The number of hydrogen-bond donors (Lipinski definition) is 2. The largest absolute Gasteiger partial charge is 0.336 e. The van der Waals surface area contributed by atoms with Crippen molar-refractivity contribution in [3.8, 4) is 0 Å². The van der Waals surface area contributed by atoms with Gasteiger partial charge in [0.1, 0.15) is 11.3 Å². The van der Waals surface area contributed by atoms with Gasteiger partial charge in [-0.25, -0.2) is 9.78 Å². The first-order chi connectivity index (χ1) is 8.16. The zero-order chi connectivity index (χ0) is 12.0. The van der Waals surface area contributed by atoms with Crippen LogP contribution in [-0.2, 0) is 0 Å². The first kappa shape index (κ1) is 10.3. The van der Waals surface area contributed by atoms with E-state index in [9.17, 15) is 9.59 Å². The summed E-state index contributed by atoms with van der Waals surface area (Å²) in [5.74, 6) is 0.636. The van der Waals surface area contributed by atoms with Crippen molar-refractivity contribution in [3.63, 3.8) is 0 Å². The molecule has 2 aromatic rings. The number of aryl methyl sites for hydroxylation is 1. The second-order valence-corrected chi connectivity index (χ2v) is 4.59. The highest BCUT2D eigenvalue weighted by Gasteiger charge is 2.22. The highest BCUT2D eigenvalue weighted by Crippen LogP contribution is 2.27. The predicted molar refractivity (Wildman–Crippen MR) is 63.2 cm³/mol. The van der Waals surface area contributed by atoms with Gasteiger partial charge in [0, 0.05) is 6.04 Å². The molecule has 0 amide bonds. The van der Waals surface area contributed by atoms with E-state index < -0.39 is 0 Å². The average Bonchev–Trinajstić information content (AvgIpc) is 2.87. The molecule has 0 atom stereocenters. The molecule has 2 aromatic heterocycles. The van der Waals surface area contributed by atoms with E-state index in [1.54, 1.807) is 6.92 Å². The molecule has 2 N–H and O–H groups in total. The molecular formula is C11H14N4O2. The molecule has 1 saturated carbocycles. The van der Waals surface area contributed by atoms with Gasteiger partial charge in [-0.1, -0.05) is 12.8 Å². The number of rotatable bonds is 1. The Morgan fingerprint density at radius 3 is 2.65 bits per heavy atom. The molecule has 0 spiro atoms. The SMILES string of the molecule is Cc1nc2[nH]c(=O)n(C3CCCC3)c(=O)c2[nH]1. The standard InChI is InChI=1S/C11H14N4O2/c1-6-12-8-9(13-6)14-11(17)15(10(8)16)7-4-2-3-5-7/h7H,2-5H2,1H3,(H,12,13)(H,14,17). The van der Waals surface area contributed by atoms with Gasteiger partial charge in [-0.05, 0) is 19.8 Å². The van der Waals surface area contributed by atoms with Gasteiger partial charge in [0.15, 0.2) is 5.65 Å². The summed E-state index contributed by atoms with van der Waals surface area (Å²) in [5, 5.41) is 0.